The smallest absolute Gasteiger partial charge is 0.136 e. The van der Waals surface area contributed by atoms with E-state index in [1.54, 1.807) is 0 Å². The minimum Gasteiger partial charge on any atom is -0.491 e. The minimum atomic E-state index is -0.186. The molecule has 94 valence electrons. The summed E-state index contributed by atoms with van der Waals surface area (Å²) in [4.78, 5) is -0.186. The van der Waals surface area contributed by atoms with Crippen LogP contribution in [-0.4, -0.2) is 18.5 Å². The summed E-state index contributed by atoms with van der Waals surface area (Å²) in [5.41, 5.74) is 1.22. The van der Waals surface area contributed by atoms with Crippen LogP contribution in [0.25, 0.3) is 0 Å². The highest BCUT2D eigenvalue weighted by Gasteiger charge is 2.30. The lowest BCUT2D eigenvalue weighted by atomic mass is 10.1. The van der Waals surface area contributed by atoms with Crippen molar-refractivity contribution in [1.82, 2.24) is 0 Å². The molecule has 1 heterocycles. The van der Waals surface area contributed by atoms with Gasteiger partial charge in [0.2, 0.25) is 0 Å². The van der Waals surface area contributed by atoms with Gasteiger partial charge in [0.1, 0.15) is 10.7 Å². The summed E-state index contributed by atoms with van der Waals surface area (Å²) in [6.07, 6.45) is 1.37. The van der Waals surface area contributed by atoms with Crippen LogP contribution < -0.4 is 4.74 Å². The number of thioether (sulfide) groups is 1. The van der Waals surface area contributed by atoms with Crippen molar-refractivity contribution in [3.05, 3.63) is 29.8 Å². The molecule has 0 radical (unpaired) electrons. The minimum absolute atomic E-state index is 0.186. The highest BCUT2D eigenvalue weighted by molar-refractivity contribution is 8.00. The first-order valence-electron chi connectivity index (χ1n) is 6.15. The maximum Gasteiger partial charge on any atom is 0.136 e. The normalized spacial score (nSPS) is 24.9. The fraction of sp³-hybridized carbons (Fsp3) is 0.571. The number of hydrogen-bond donors (Lipinski definition) is 0. The molecule has 2 rings (SSSR count). The molecule has 0 aliphatic carbocycles. The van der Waals surface area contributed by atoms with Gasteiger partial charge in [0.05, 0.1) is 6.10 Å². The van der Waals surface area contributed by atoms with Crippen LogP contribution in [0.2, 0.25) is 0 Å². The Balaban J connectivity index is 2.11. The van der Waals surface area contributed by atoms with Gasteiger partial charge in [-0.05, 0) is 50.6 Å². The molecule has 0 amide bonds. The molecule has 3 heteroatoms. The molecular formula is C14H20O2S. The summed E-state index contributed by atoms with van der Waals surface area (Å²) in [7, 11) is 0. The Bertz CT molecular complexity index is 353. The molecule has 0 aromatic heterocycles. The summed E-state index contributed by atoms with van der Waals surface area (Å²) < 4.78 is 11.5. The van der Waals surface area contributed by atoms with Crippen molar-refractivity contribution in [3.63, 3.8) is 0 Å². The second-order valence-corrected chi connectivity index (χ2v) is 6.16. The predicted octanol–water partition coefficient (Wildman–Crippen LogP) is 3.80. The van der Waals surface area contributed by atoms with Crippen molar-refractivity contribution < 1.29 is 9.47 Å². The van der Waals surface area contributed by atoms with Crippen molar-refractivity contribution in [1.29, 1.82) is 0 Å². The number of rotatable bonds is 3. The fourth-order valence-electron chi connectivity index (χ4n) is 1.91. The lowest BCUT2D eigenvalue weighted by molar-refractivity contribution is 0.0300. The first-order chi connectivity index (χ1) is 8.10. The monoisotopic (exact) mass is 252 g/mol. The molecular weight excluding hydrogens is 232 g/mol. The van der Waals surface area contributed by atoms with Crippen LogP contribution >= 0.6 is 11.8 Å². The molecule has 1 atom stereocenters. The third-order valence-corrected chi connectivity index (χ3v) is 4.19. The summed E-state index contributed by atoms with van der Waals surface area (Å²) >= 11 is 1.88. The molecule has 0 bridgehead atoms. The van der Waals surface area contributed by atoms with Crippen molar-refractivity contribution in [2.45, 2.75) is 38.2 Å². The number of hydrogen-bond acceptors (Lipinski definition) is 3. The van der Waals surface area contributed by atoms with Crippen molar-refractivity contribution in [3.8, 4) is 5.75 Å². The van der Waals surface area contributed by atoms with Gasteiger partial charge in [-0.1, -0.05) is 12.1 Å². The SMILES string of the molecule is CC(C)Oc1ccc(C2(C)OCCCS2)cc1. The van der Waals surface area contributed by atoms with Gasteiger partial charge in [0.15, 0.2) is 0 Å². The van der Waals surface area contributed by atoms with Crippen LogP contribution in [0.1, 0.15) is 32.8 Å². The third-order valence-electron chi connectivity index (χ3n) is 2.79. The Hall–Kier alpha value is -0.670. The summed E-state index contributed by atoms with van der Waals surface area (Å²) in [6, 6.07) is 8.27. The van der Waals surface area contributed by atoms with Crippen LogP contribution in [-0.2, 0) is 9.67 Å². The van der Waals surface area contributed by atoms with E-state index in [4.69, 9.17) is 9.47 Å². The van der Waals surface area contributed by atoms with E-state index in [0.29, 0.717) is 0 Å². The standard InChI is InChI=1S/C14H20O2S/c1-11(2)16-13-7-5-12(6-8-13)14(3)15-9-4-10-17-14/h5-8,11H,4,9-10H2,1-3H3. The third kappa shape index (κ3) is 3.17. The van der Waals surface area contributed by atoms with Gasteiger partial charge in [-0.3, -0.25) is 0 Å². The van der Waals surface area contributed by atoms with E-state index in [1.807, 2.05) is 37.7 Å². The van der Waals surface area contributed by atoms with Gasteiger partial charge >= 0.3 is 0 Å². The Labute approximate surface area is 108 Å². The van der Waals surface area contributed by atoms with E-state index in [1.165, 1.54) is 11.3 Å². The Morgan fingerprint density at radius 1 is 1.29 bits per heavy atom. The van der Waals surface area contributed by atoms with Gasteiger partial charge < -0.3 is 9.47 Å². The van der Waals surface area contributed by atoms with Gasteiger partial charge in [0, 0.05) is 6.61 Å². The van der Waals surface area contributed by atoms with Crippen LogP contribution in [0.3, 0.4) is 0 Å². The maximum atomic E-state index is 5.89. The zero-order valence-electron chi connectivity index (χ0n) is 10.7. The Morgan fingerprint density at radius 2 is 2.00 bits per heavy atom. The molecule has 1 fully saturated rings. The number of benzene rings is 1. The van der Waals surface area contributed by atoms with E-state index >= 15 is 0 Å². The zero-order valence-corrected chi connectivity index (χ0v) is 11.5. The highest BCUT2D eigenvalue weighted by Crippen LogP contribution is 2.41. The molecule has 1 aliphatic rings. The maximum absolute atomic E-state index is 5.89. The first-order valence-corrected chi connectivity index (χ1v) is 7.14. The van der Waals surface area contributed by atoms with E-state index in [2.05, 4.69) is 19.1 Å². The molecule has 1 saturated heterocycles. The molecule has 0 spiro atoms. The average Bonchev–Trinajstić information content (AvgIpc) is 2.30. The van der Waals surface area contributed by atoms with Crippen molar-refractivity contribution >= 4 is 11.8 Å². The Kier molecular flexibility index (Phi) is 4.00. The second-order valence-electron chi connectivity index (χ2n) is 4.69. The first kappa shape index (κ1) is 12.8. The molecule has 1 aromatic rings. The molecule has 0 N–H and O–H groups in total. The molecule has 2 nitrogen and oxygen atoms in total. The largest absolute Gasteiger partial charge is 0.491 e. The van der Waals surface area contributed by atoms with Crippen molar-refractivity contribution in [2.24, 2.45) is 0 Å². The van der Waals surface area contributed by atoms with Crippen LogP contribution in [0, 0.1) is 0 Å². The summed E-state index contributed by atoms with van der Waals surface area (Å²) in [5.74, 6) is 2.09. The number of ether oxygens (including phenoxy) is 2. The van der Waals surface area contributed by atoms with Crippen LogP contribution in [0.5, 0.6) is 5.75 Å². The quantitative estimate of drug-likeness (QED) is 0.815. The average molecular weight is 252 g/mol. The summed E-state index contributed by atoms with van der Waals surface area (Å²) in [6.45, 7) is 7.08. The van der Waals surface area contributed by atoms with Crippen LogP contribution in [0.4, 0.5) is 0 Å². The summed E-state index contributed by atoms with van der Waals surface area (Å²) in [5, 5.41) is 0. The molecule has 1 aliphatic heterocycles. The molecule has 17 heavy (non-hydrogen) atoms. The highest BCUT2D eigenvalue weighted by atomic mass is 32.2. The lowest BCUT2D eigenvalue weighted by Gasteiger charge is -2.33. The molecule has 1 unspecified atom stereocenters. The van der Waals surface area contributed by atoms with E-state index in [-0.39, 0.29) is 11.0 Å². The van der Waals surface area contributed by atoms with E-state index in [9.17, 15) is 0 Å². The van der Waals surface area contributed by atoms with Crippen LogP contribution in [0.15, 0.2) is 24.3 Å². The fourth-order valence-corrected chi connectivity index (χ4v) is 3.03. The van der Waals surface area contributed by atoms with E-state index in [0.717, 1.165) is 18.8 Å². The van der Waals surface area contributed by atoms with Gasteiger partial charge in [-0.15, -0.1) is 11.8 Å². The Morgan fingerprint density at radius 3 is 2.53 bits per heavy atom. The molecule has 0 saturated carbocycles. The molecule has 1 aromatic carbocycles. The van der Waals surface area contributed by atoms with Crippen molar-refractivity contribution in [2.75, 3.05) is 12.4 Å². The van der Waals surface area contributed by atoms with E-state index < -0.39 is 0 Å². The topological polar surface area (TPSA) is 18.5 Å². The lowest BCUT2D eigenvalue weighted by Crippen LogP contribution is -2.27. The second kappa shape index (κ2) is 5.32. The van der Waals surface area contributed by atoms with Gasteiger partial charge in [-0.25, -0.2) is 0 Å². The van der Waals surface area contributed by atoms with Gasteiger partial charge in [-0.2, -0.15) is 0 Å². The zero-order chi connectivity index (χ0) is 12.3. The predicted molar refractivity (Wildman–Crippen MR) is 72.6 cm³/mol. The van der Waals surface area contributed by atoms with Gasteiger partial charge in [0.25, 0.3) is 0 Å².